The molecule has 0 aliphatic heterocycles. The second-order valence-electron chi connectivity index (χ2n) is 2.89. The molecule has 0 saturated heterocycles. The molecule has 5 nitrogen and oxygen atoms in total. The van der Waals surface area contributed by atoms with E-state index in [0.29, 0.717) is 5.56 Å². The molecule has 1 aromatic carbocycles. The summed E-state index contributed by atoms with van der Waals surface area (Å²) < 4.78 is 18.4. The molecule has 6 heteroatoms. The molecule has 0 aliphatic rings. The van der Waals surface area contributed by atoms with Crippen LogP contribution in [0.1, 0.15) is 15.9 Å². The summed E-state index contributed by atoms with van der Waals surface area (Å²) in [6.07, 6.45) is 0. The zero-order valence-corrected chi connectivity index (χ0v) is 8.30. The molecule has 0 amide bonds. The summed E-state index contributed by atoms with van der Waals surface area (Å²) in [7, 11) is -3.35. The minimum Gasteiger partial charge on any atom is -0.478 e. The van der Waals surface area contributed by atoms with Crippen LogP contribution in [0.3, 0.4) is 0 Å². The molecule has 76 valence electrons. The average Bonchev–Trinajstić information content (AvgIpc) is 2.02. The number of aryl methyl sites for hydroxylation is 1. The highest BCUT2D eigenvalue weighted by atomic mass is 32.2. The maximum atomic E-state index is 11.2. The van der Waals surface area contributed by atoms with Gasteiger partial charge in [0.2, 0.25) is 0 Å². The van der Waals surface area contributed by atoms with Gasteiger partial charge in [0.05, 0.1) is 10.5 Å². The number of aromatic carboxylic acids is 1. The third-order valence-corrected chi connectivity index (χ3v) is 2.86. The second kappa shape index (κ2) is 3.39. The van der Waals surface area contributed by atoms with Crippen molar-refractivity contribution in [1.82, 2.24) is 0 Å². The Kier molecular flexibility index (Phi) is 2.59. The standard InChI is InChI=1S/C8H10N2O3S/c1-5-2-3-6(8(11)12)4-7(5)14(9,10)13/h2-4H,1H3,(H,11,12)(H3,9,10,13). The smallest absolute Gasteiger partial charge is 0.335 e. The van der Waals surface area contributed by atoms with E-state index in [1.807, 2.05) is 0 Å². The van der Waals surface area contributed by atoms with Gasteiger partial charge in [0.25, 0.3) is 0 Å². The lowest BCUT2D eigenvalue weighted by molar-refractivity contribution is 0.0696. The number of benzene rings is 1. The Labute approximate surface area is 81.7 Å². The molecule has 1 atom stereocenters. The molecular weight excluding hydrogens is 204 g/mol. The normalized spacial score (nSPS) is 14.7. The highest BCUT2D eigenvalue weighted by Gasteiger charge is 2.11. The number of nitrogens with two attached hydrogens (primary N) is 1. The molecule has 0 radical (unpaired) electrons. The van der Waals surface area contributed by atoms with E-state index in [1.165, 1.54) is 18.2 Å². The highest BCUT2D eigenvalue weighted by Crippen LogP contribution is 2.15. The maximum Gasteiger partial charge on any atom is 0.335 e. The quantitative estimate of drug-likeness (QED) is 0.683. The van der Waals surface area contributed by atoms with Crippen LogP contribution in [0, 0.1) is 11.7 Å². The van der Waals surface area contributed by atoms with Gasteiger partial charge in [-0.25, -0.2) is 18.9 Å². The summed E-state index contributed by atoms with van der Waals surface area (Å²) in [5.74, 6) is -1.13. The fourth-order valence-electron chi connectivity index (χ4n) is 1.06. The van der Waals surface area contributed by atoms with E-state index in [4.69, 9.17) is 15.0 Å². The molecule has 0 heterocycles. The van der Waals surface area contributed by atoms with Crippen molar-refractivity contribution in [1.29, 1.82) is 4.78 Å². The predicted octanol–water partition coefficient (Wildman–Crippen LogP) is 0.973. The Morgan fingerprint density at radius 1 is 1.57 bits per heavy atom. The van der Waals surface area contributed by atoms with Crippen LogP contribution in [0.2, 0.25) is 0 Å². The van der Waals surface area contributed by atoms with Crippen LogP contribution >= 0.6 is 0 Å². The van der Waals surface area contributed by atoms with Gasteiger partial charge in [0.15, 0.2) is 0 Å². The van der Waals surface area contributed by atoms with Crippen molar-refractivity contribution in [3.8, 4) is 0 Å². The minimum atomic E-state index is -3.35. The number of hydrogen-bond acceptors (Lipinski definition) is 3. The zero-order valence-electron chi connectivity index (χ0n) is 7.48. The molecule has 0 saturated carbocycles. The Morgan fingerprint density at radius 2 is 2.14 bits per heavy atom. The predicted molar refractivity (Wildman–Crippen MR) is 51.5 cm³/mol. The van der Waals surface area contributed by atoms with E-state index < -0.39 is 15.9 Å². The lowest BCUT2D eigenvalue weighted by Crippen LogP contribution is -2.13. The summed E-state index contributed by atoms with van der Waals surface area (Å²) in [6.45, 7) is 1.63. The third-order valence-electron chi connectivity index (χ3n) is 1.76. The van der Waals surface area contributed by atoms with Crippen molar-refractivity contribution in [3.63, 3.8) is 0 Å². The first kappa shape index (κ1) is 10.7. The summed E-state index contributed by atoms with van der Waals surface area (Å²) in [6, 6.07) is 4.04. The number of rotatable bonds is 2. The van der Waals surface area contributed by atoms with Crippen molar-refractivity contribution in [2.75, 3.05) is 0 Å². The van der Waals surface area contributed by atoms with Crippen LogP contribution in [-0.2, 0) is 9.92 Å². The van der Waals surface area contributed by atoms with E-state index in [1.54, 1.807) is 6.92 Å². The average molecular weight is 214 g/mol. The van der Waals surface area contributed by atoms with Crippen molar-refractivity contribution in [2.45, 2.75) is 11.8 Å². The number of nitrogens with one attached hydrogen (secondary N) is 1. The number of carboxylic acids is 1. The van der Waals surface area contributed by atoms with E-state index in [2.05, 4.69) is 0 Å². The molecule has 1 rings (SSSR count). The van der Waals surface area contributed by atoms with Crippen LogP contribution in [0.15, 0.2) is 23.1 Å². The minimum absolute atomic E-state index is 0.0176. The Balaban J connectivity index is 3.44. The SMILES string of the molecule is Cc1ccc(C(=O)O)cc1S(=N)(N)=O. The summed E-state index contributed by atoms with van der Waals surface area (Å²) >= 11 is 0. The fraction of sp³-hybridized carbons (Fsp3) is 0.125. The molecule has 0 fully saturated rings. The van der Waals surface area contributed by atoms with Gasteiger partial charge < -0.3 is 5.11 Å². The van der Waals surface area contributed by atoms with Crippen molar-refractivity contribution in [3.05, 3.63) is 29.3 Å². The fourth-order valence-corrected chi connectivity index (χ4v) is 1.91. The monoisotopic (exact) mass is 214 g/mol. The molecule has 0 spiro atoms. The number of hydrogen-bond donors (Lipinski definition) is 3. The lowest BCUT2D eigenvalue weighted by Gasteiger charge is -2.06. The van der Waals surface area contributed by atoms with E-state index in [-0.39, 0.29) is 10.5 Å². The second-order valence-corrected chi connectivity index (χ2v) is 4.53. The molecule has 0 aliphatic carbocycles. The van der Waals surface area contributed by atoms with Crippen LogP contribution < -0.4 is 5.14 Å². The van der Waals surface area contributed by atoms with Crippen LogP contribution in [0.4, 0.5) is 0 Å². The number of carbonyl (C=O) groups is 1. The molecule has 1 unspecified atom stereocenters. The Morgan fingerprint density at radius 3 is 2.57 bits per heavy atom. The van der Waals surface area contributed by atoms with Gasteiger partial charge in [-0.1, -0.05) is 6.07 Å². The van der Waals surface area contributed by atoms with Gasteiger partial charge in [0, 0.05) is 0 Å². The van der Waals surface area contributed by atoms with E-state index in [9.17, 15) is 9.00 Å². The topological polar surface area (TPSA) is 104 Å². The van der Waals surface area contributed by atoms with Gasteiger partial charge in [-0.05, 0) is 24.6 Å². The zero-order chi connectivity index (χ0) is 10.9. The summed E-state index contributed by atoms with van der Waals surface area (Å²) in [4.78, 5) is 10.7. The first-order chi connectivity index (χ1) is 6.32. The van der Waals surface area contributed by atoms with Gasteiger partial charge in [-0.3, -0.25) is 0 Å². The molecule has 0 aromatic heterocycles. The molecule has 1 aromatic rings. The van der Waals surface area contributed by atoms with Gasteiger partial charge in [-0.2, -0.15) is 0 Å². The van der Waals surface area contributed by atoms with Crippen molar-refractivity contribution < 1.29 is 14.1 Å². The van der Waals surface area contributed by atoms with Crippen molar-refractivity contribution >= 4 is 15.9 Å². The Bertz CT molecular complexity index is 479. The molecule has 4 N–H and O–H groups in total. The molecular formula is C8H10N2O3S. The van der Waals surface area contributed by atoms with Gasteiger partial charge in [-0.15, -0.1) is 0 Å². The first-order valence-corrected chi connectivity index (χ1v) is 5.35. The number of carboxylic acid groups (broad SMARTS) is 1. The first-order valence-electron chi connectivity index (χ1n) is 3.73. The van der Waals surface area contributed by atoms with Gasteiger partial charge in [0.1, 0.15) is 9.92 Å². The summed E-state index contributed by atoms with van der Waals surface area (Å²) in [5.41, 5.74) is 0.536. The van der Waals surface area contributed by atoms with E-state index in [0.717, 1.165) is 0 Å². The highest BCUT2D eigenvalue weighted by molar-refractivity contribution is 7.90. The summed E-state index contributed by atoms with van der Waals surface area (Å²) in [5, 5.41) is 13.8. The maximum absolute atomic E-state index is 11.2. The molecule has 0 bridgehead atoms. The largest absolute Gasteiger partial charge is 0.478 e. The Hall–Kier alpha value is -1.40. The van der Waals surface area contributed by atoms with Crippen LogP contribution in [0.5, 0.6) is 0 Å². The van der Waals surface area contributed by atoms with Crippen LogP contribution in [0.25, 0.3) is 0 Å². The van der Waals surface area contributed by atoms with Crippen LogP contribution in [-0.4, -0.2) is 15.3 Å². The van der Waals surface area contributed by atoms with Gasteiger partial charge >= 0.3 is 5.97 Å². The van der Waals surface area contributed by atoms with Crippen molar-refractivity contribution in [2.24, 2.45) is 5.14 Å². The van der Waals surface area contributed by atoms with E-state index >= 15 is 0 Å². The lowest BCUT2D eigenvalue weighted by atomic mass is 10.1. The molecule has 14 heavy (non-hydrogen) atoms. The third kappa shape index (κ3) is 2.09.